The van der Waals surface area contributed by atoms with E-state index in [9.17, 15) is 0 Å². The van der Waals surface area contributed by atoms with Crippen molar-refractivity contribution in [2.45, 2.75) is 19.9 Å². The summed E-state index contributed by atoms with van der Waals surface area (Å²) in [7, 11) is 0. The van der Waals surface area contributed by atoms with Crippen molar-refractivity contribution in [3.8, 4) is 11.1 Å². The molecule has 4 heteroatoms. The fourth-order valence-electron chi connectivity index (χ4n) is 2.06. The first-order chi connectivity index (χ1) is 9.61. The number of hydrogen-bond acceptors (Lipinski definition) is 1. The van der Waals surface area contributed by atoms with E-state index in [-0.39, 0.29) is 0 Å². The zero-order valence-electron chi connectivity index (χ0n) is 11.2. The SMILES string of the molecule is CCCNCc1cccc(-c2c(Cl)cc(Cl)cc2Cl)c1. The third-order valence-electron chi connectivity index (χ3n) is 2.98. The smallest absolute Gasteiger partial charge is 0.0514 e. The van der Waals surface area contributed by atoms with Crippen LogP contribution in [0.2, 0.25) is 15.1 Å². The van der Waals surface area contributed by atoms with Gasteiger partial charge in [0, 0.05) is 17.1 Å². The van der Waals surface area contributed by atoms with Gasteiger partial charge in [-0.1, -0.05) is 59.9 Å². The van der Waals surface area contributed by atoms with Crippen molar-refractivity contribution < 1.29 is 0 Å². The highest BCUT2D eigenvalue weighted by Gasteiger charge is 2.10. The molecule has 0 aliphatic heterocycles. The maximum Gasteiger partial charge on any atom is 0.0514 e. The van der Waals surface area contributed by atoms with Gasteiger partial charge in [0.15, 0.2) is 0 Å². The lowest BCUT2D eigenvalue weighted by atomic mass is 10.0. The molecule has 0 heterocycles. The van der Waals surface area contributed by atoms with Crippen molar-refractivity contribution in [3.63, 3.8) is 0 Å². The number of rotatable bonds is 5. The van der Waals surface area contributed by atoms with Crippen molar-refractivity contribution in [1.82, 2.24) is 5.32 Å². The van der Waals surface area contributed by atoms with E-state index in [1.165, 1.54) is 5.56 Å². The summed E-state index contributed by atoms with van der Waals surface area (Å²) in [6.45, 7) is 3.99. The molecule has 0 saturated carbocycles. The average molecular weight is 329 g/mol. The van der Waals surface area contributed by atoms with E-state index >= 15 is 0 Å². The lowest BCUT2D eigenvalue weighted by Gasteiger charge is -2.10. The Morgan fingerprint density at radius 3 is 2.35 bits per heavy atom. The lowest BCUT2D eigenvalue weighted by molar-refractivity contribution is 0.675. The van der Waals surface area contributed by atoms with Gasteiger partial charge in [-0.25, -0.2) is 0 Å². The van der Waals surface area contributed by atoms with E-state index in [4.69, 9.17) is 34.8 Å². The molecule has 20 heavy (non-hydrogen) atoms. The van der Waals surface area contributed by atoms with Gasteiger partial charge in [0.1, 0.15) is 0 Å². The number of nitrogens with one attached hydrogen (secondary N) is 1. The van der Waals surface area contributed by atoms with Crippen LogP contribution in [0.15, 0.2) is 36.4 Å². The second kappa shape index (κ2) is 7.33. The molecule has 0 fully saturated rings. The molecule has 2 aromatic carbocycles. The van der Waals surface area contributed by atoms with Crippen LogP contribution in [-0.4, -0.2) is 6.54 Å². The van der Waals surface area contributed by atoms with Crippen molar-refractivity contribution in [3.05, 3.63) is 57.0 Å². The fourth-order valence-corrected chi connectivity index (χ4v) is 3.10. The van der Waals surface area contributed by atoms with Gasteiger partial charge in [-0.15, -0.1) is 0 Å². The van der Waals surface area contributed by atoms with Crippen molar-refractivity contribution in [1.29, 1.82) is 0 Å². The zero-order chi connectivity index (χ0) is 14.5. The van der Waals surface area contributed by atoms with Crippen LogP contribution in [0, 0.1) is 0 Å². The Morgan fingerprint density at radius 2 is 1.70 bits per heavy atom. The summed E-state index contributed by atoms with van der Waals surface area (Å²) in [6, 6.07) is 11.6. The Bertz CT molecular complexity index is 573. The van der Waals surface area contributed by atoms with Crippen LogP contribution in [0.1, 0.15) is 18.9 Å². The Balaban J connectivity index is 2.31. The van der Waals surface area contributed by atoms with Gasteiger partial charge in [0.05, 0.1) is 10.0 Å². The quantitative estimate of drug-likeness (QED) is 0.683. The fraction of sp³-hybridized carbons (Fsp3) is 0.250. The largest absolute Gasteiger partial charge is 0.313 e. The molecule has 106 valence electrons. The summed E-state index contributed by atoms with van der Waals surface area (Å²) in [5.41, 5.74) is 3.04. The van der Waals surface area contributed by atoms with Crippen LogP contribution in [0.25, 0.3) is 11.1 Å². The highest BCUT2D eigenvalue weighted by molar-refractivity contribution is 6.41. The standard InChI is InChI=1S/C16H16Cl3N/c1-2-6-20-10-11-4-3-5-12(7-11)16-14(18)8-13(17)9-15(16)19/h3-5,7-9,20H,2,6,10H2,1H3. The Labute approximate surface area is 134 Å². The second-order valence-electron chi connectivity index (χ2n) is 4.62. The van der Waals surface area contributed by atoms with Crippen LogP contribution < -0.4 is 5.32 Å². The summed E-state index contributed by atoms with van der Waals surface area (Å²) >= 11 is 18.5. The molecule has 0 aliphatic carbocycles. The molecule has 0 aromatic heterocycles. The minimum atomic E-state index is 0.546. The summed E-state index contributed by atoms with van der Waals surface area (Å²) in [4.78, 5) is 0. The van der Waals surface area contributed by atoms with Crippen LogP contribution in [-0.2, 0) is 6.54 Å². The molecule has 0 radical (unpaired) electrons. The first-order valence-electron chi connectivity index (χ1n) is 6.56. The summed E-state index contributed by atoms with van der Waals surface area (Å²) in [5, 5.41) is 5.07. The van der Waals surface area contributed by atoms with Gasteiger partial charge in [-0.2, -0.15) is 0 Å². The molecule has 1 N–H and O–H groups in total. The molecule has 0 spiro atoms. The highest BCUT2D eigenvalue weighted by Crippen LogP contribution is 2.37. The third kappa shape index (κ3) is 3.89. The Morgan fingerprint density at radius 1 is 1.00 bits per heavy atom. The molecule has 2 aromatic rings. The van der Waals surface area contributed by atoms with E-state index in [0.717, 1.165) is 30.6 Å². The molecule has 0 atom stereocenters. The van der Waals surface area contributed by atoms with Crippen LogP contribution in [0.3, 0.4) is 0 Å². The van der Waals surface area contributed by atoms with Crippen LogP contribution in [0.4, 0.5) is 0 Å². The van der Waals surface area contributed by atoms with Crippen LogP contribution >= 0.6 is 34.8 Å². The van der Waals surface area contributed by atoms with Crippen molar-refractivity contribution >= 4 is 34.8 Å². The van der Waals surface area contributed by atoms with Gasteiger partial charge < -0.3 is 5.32 Å². The van der Waals surface area contributed by atoms with Crippen molar-refractivity contribution in [2.24, 2.45) is 0 Å². The van der Waals surface area contributed by atoms with E-state index in [1.807, 2.05) is 12.1 Å². The summed E-state index contributed by atoms with van der Waals surface area (Å²) in [5.74, 6) is 0. The first kappa shape index (κ1) is 15.7. The molecule has 0 bridgehead atoms. The van der Waals surface area contributed by atoms with Gasteiger partial charge in [0.25, 0.3) is 0 Å². The average Bonchev–Trinajstić information content (AvgIpc) is 2.38. The Hall–Kier alpha value is -0.730. The monoisotopic (exact) mass is 327 g/mol. The minimum absolute atomic E-state index is 0.546. The zero-order valence-corrected chi connectivity index (χ0v) is 13.5. The van der Waals surface area contributed by atoms with E-state index < -0.39 is 0 Å². The molecule has 2 rings (SSSR count). The molecule has 0 saturated heterocycles. The number of halogens is 3. The van der Waals surface area contributed by atoms with Gasteiger partial charge in [-0.05, 0) is 42.3 Å². The van der Waals surface area contributed by atoms with Crippen LogP contribution in [0.5, 0.6) is 0 Å². The minimum Gasteiger partial charge on any atom is -0.313 e. The molecule has 1 nitrogen and oxygen atoms in total. The summed E-state index contributed by atoms with van der Waals surface area (Å²) < 4.78 is 0. The molecular formula is C16H16Cl3N. The first-order valence-corrected chi connectivity index (χ1v) is 7.69. The van der Waals surface area contributed by atoms with E-state index in [1.54, 1.807) is 12.1 Å². The second-order valence-corrected chi connectivity index (χ2v) is 5.87. The van der Waals surface area contributed by atoms with Gasteiger partial charge >= 0.3 is 0 Å². The Kier molecular flexibility index (Phi) is 5.74. The normalized spacial score (nSPS) is 10.8. The predicted molar refractivity (Wildman–Crippen MR) is 88.9 cm³/mol. The molecular weight excluding hydrogens is 313 g/mol. The number of hydrogen-bond donors (Lipinski definition) is 1. The maximum atomic E-state index is 6.26. The molecule has 0 aliphatic rings. The summed E-state index contributed by atoms with van der Waals surface area (Å²) in [6.07, 6.45) is 1.12. The lowest BCUT2D eigenvalue weighted by Crippen LogP contribution is -2.13. The molecule has 0 amide bonds. The van der Waals surface area contributed by atoms with Gasteiger partial charge in [0.2, 0.25) is 0 Å². The van der Waals surface area contributed by atoms with E-state index in [0.29, 0.717) is 15.1 Å². The predicted octanol–water partition coefficient (Wildman–Crippen LogP) is 5.81. The molecule has 0 unspecified atom stereocenters. The van der Waals surface area contributed by atoms with E-state index in [2.05, 4.69) is 24.4 Å². The van der Waals surface area contributed by atoms with Gasteiger partial charge in [-0.3, -0.25) is 0 Å². The highest BCUT2D eigenvalue weighted by atomic mass is 35.5. The number of benzene rings is 2. The maximum absolute atomic E-state index is 6.26. The third-order valence-corrected chi connectivity index (χ3v) is 3.79. The van der Waals surface area contributed by atoms with Crippen molar-refractivity contribution in [2.75, 3.05) is 6.54 Å². The topological polar surface area (TPSA) is 12.0 Å².